The zero-order valence-electron chi connectivity index (χ0n) is 14.9. The highest BCUT2D eigenvalue weighted by Crippen LogP contribution is 2.58. The number of piperidine rings is 1. The van der Waals surface area contributed by atoms with E-state index in [2.05, 4.69) is 11.9 Å². The van der Waals surface area contributed by atoms with Crippen LogP contribution in [0.1, 0.15) is 22.3 Å². The number of hydrogen-bond acceptors (Lipinski definition) is 3. The molecule has 1 saturated heterocycles. The molecule has 27 heavy (non-hydrogen) atoms. The summed E-state index contributed by atoms with van der Waals surface area (Å²) >= 11 is 0. The maximum atomic E-state index is 13.0. The summed E-state index contributed by atoms with van der Waals surface area (Å²) in [4.78, 5) is 39.3. The molecule has 2 fully saturated rings. The normalized spacial score (nSPS) is 22.7. The third kappa shape index (κ3) is 2.95. The third-order valence-electron chi connectivity index (χ3n) is 5.54. The van der Waals surface area contributed by atoms with Crippen LogP contribution in [-0.2, 0) is 9.59 Å². The minimum atomic E-state index is -0.540. The lowest BCUT2D eigenvalue weighted by molar-refractivity contribution is -0.126. The Kier molecular flexibility index (Phi) is 4.15. The number of amides is 2. The van der Waals surface area contributed by atoms with Crippen molar-refractivity contribution in [3.8, 4) is 0 Å². The summed E-state index contributed by atoms with van der Waals surface area (Å²) in [5.74, 6) is -0.223. The van der Waals surface area contributed by atoms with E-state index in [-0.39, 0.29) is 23.5 Å². The van der Waals surface area contributed by atoms with Crippen molar-refractivity contribution in [3.63, 3.8) is 0 Å². The number of benzene rings is 2. The fourth-order valence-electron chi connectivity index (χ4n) is 3.91. The van der Waals surface area contributed by atoms with Crippen molar-refractivity contribution >= 4 is 23.3 Å². The number of fused-ring (bicyclic) bond motifs is 1. The molecule has 2 aromatic rings. The molecule has 0 aromatic heterocycles. The van der Waals surface area contributed by atoms with Crippen LogP contribution in [0.15, 0.2) is 67.3 Å². The van der Waals surface area contributed by atoms with Crippen LogP contribution in [0, 0.1) is 11.3 Å². The van der Waals surface area contributed by atoms with Gasteiger partial charge in [-0.05, 0) is 30.5 Å². The van der Waals surface area contributed by atoms with Crippen molar-refractivity contribution in [2.24, 2.45) is 11.3 Å². The van der Waals surface area contributed by atoms with E-state index < -0.39 is 5.41 Å². The topological polar surface area (TPSA) is 66.5 Å². The van der Waals surface area contributed by atoms with E-state index in [0.717, 1.165) is 6.42 Å². The van der Waals surface area contributed by atoms with Crippen molar-refractivity contribution in [2.45, 2.75) is 6.42 Å². The first-order chi connectivity index (χ1) is 13.0. The first-order valence-electron chi connectivity index (χ1n) is 8.97. The molecule has 5 heteroatoms. The lowest BCUT2D eigenvalue weighted by Crippen LogP contribution is -2.35. The van der Waals surface area contributed by atoms with Gasteiger partial charge < -0.3 is 10.2 Å². The fourth-order valence-corrected chi connectivity index (χ4v) is 3.91. The Morgan fingerprint density at radius 3 is 2.52 bits per heavy atom. The molecule has 0 radical (unpaired) electrons. The first kappa shape index (κ1) is 17.2. The summed E-state index contributed by atoms with van der Waals surface area (Å²) in [5, 5.41) is 2.94. The second-order valence-electron chi connectivity index (χ2n) is 7.17. The Hall–Kier alpha value is -3.21. The molecular formula is C22H20N2O3. The highest BCUT2D eigenvalue weighted by Gasteiger charge is 2.65. The monoisotopic (exact) mass is 360 g/mol. The van der Waals surface area contributed by atoms with Crippen molar-refractivity contribution in [3.05, 3.63) is 78.4 Å². The molecule has 0 bridgehead atoms. The van der Waals surface area contributed by atoms with Crippen LogP contribution in [0.3, 0.4) is 0 Å². The van der Waals surface area contributed by atoms with E-state index in [9.17, 15) is 14.4 Å². The minimum Gasteiger partial charge on any atom is -0.338 e. The van der Waals surface area contributed by atoms with E-state index in [1.807, 2.05) is 18.2 Å². The van der Waals surface area contributed by atoms with E-state index in [0.29, 0.717) is 29.9 Å². The van der Waals surface area contributed by atoms with Crippen LogP contribution < -0.4 is 5.32 Å². The van der Waals surface area contributed by atoms with Crippen LogP contribution >= 0.6 is 0 Å². The van der Waals surface area contributed by atoms with Crippen LogP contribution in [-0.4, -0.2) is 35.6 Å². The lowest BCUT2D eigenvalue weighted by Gasteiger charge is -2.20. The molecule has 0 spiro atoms. The SMILES string of the molecule is C=CC(=O)N1CC2CC2(C(=O)Nc2ccccc2C(=O)c2ccccc2)C1. The second kappa shape index (κ2) is 6.50. The average Bonchev–Trinajstić information content (AvgIpc) is 3.29. The number of carbonyl (C=O) groups excluding carboxylic acids is 3. The van der Waals surface area contributed by atoms with Gasteiger partial charge in [-0.2, -0.15) is 0 Å². The van der Waals surface area contributed by atoms with Gasteiger partial charge in [0.25, 0.3) is 0 Å². The van der Waals surface area contributed by atoms with Crippen molar-refractivity contribution in [2.75, 3.05) is 18.4 Å². The fraction of sp³-hybridized carbons (Fsp3) is 0.227. The second-order valence-corrected chi connectivity index (χ2v) is 7.17. The van der Waals surface area contributed by atoms with E-state index in [1.165, 1.54) is 6.08 Å². The zero-order chi connectivity index (χ0) is 19.0. The molecule has 2 amide bonds. The molecule has 1 N–H and O–H groups in total. The number of rotatable bonds is 5. The Morgan fingerprint density at radius 1 is 1.07 bits per heavy atom. The summed E-state index contributed by atoms with van der Waals surface area (Å²) in [5.41, 5.74) is 1.000. The van der Waals surface area contributed by atoms with Gasteiger partial charge in [-0.25, -0.2) is 0 Å². The smallest absolute Gasteiger partial charge is 0.245 e. The third-order valence-corrected chi connectivity index (χ3v) is 5.54. The van der Waals surface area contributed by atoms with Gasteiger partial charge in [0, 0.05) is 24.2 Å². The van der Waals surface area contributed by atoms with Gasteiger partial charge in [0.2, 0.25) is 11.8 Å². The van der Waals surface area contributed by atoms with Gasteiger partial charge >= 0.3 is 0 Å². The molecule has 2 aliphatic rings. The molecule has 1 heterocycles. The number of anilines is 1. The van der Waals surface area contributed by atoms with Gasteiger partial charge in [-0.1, -0.05) is 49.0 Å². The predicted octanol–water partition coefficient (Wildman–Crippen LogP) is 2.89. The van der Waals surface area contributed by atoms with Gasteiger partial charge in [0.15, 0.2) is 5.78 Å². The Bertz CT molecular complexity index is 938. The Balaban J connectivity index is 1.54. The Morgan fingerprint density at radius 2 is 1.78 bits per heavy atom. The molecule has 2 atom stereocenters. The number of ketones is 1. The summed E-state index contributed by atoms with van der Waals surface area (Å²) in [6.45, 7) is 4.50. The van der Waals surface area contributed by atoms with E-state index in [1.54, 1.807) is 41.3 Å². The summed E-state index contributed by atoms with van der Waals surface area (Å²) < 4.78 is 0. The quantitative estimate of drug-likeness (QED) is 0.659. The van der Waals surface area contributed by atoms with Crippen LogP contribution in [0.5, 0.6) is 0 Å². The number of nitrogens with one attached hydrogen (secondary N) is 1. The molecule has 136 valence electrons. The van der Waals surface area contributed by atoms with Crippen molar-refractivity contribution in [1.29, 1.82) is 0 Å². The average molecular weight is 360 g/mol. The van der Waals surface area contributed by atoms with Crippen LogP contribution in [0.25, 0.3) is 0 Å². The molecule has 4 rings (SSSR count). The van der Waals surface area contributed by atoms with E-state index >= 15 is 0 Å². The molecule has 2 aromatic carbocycles. The van der Waals surface area contributed by atoms with Crippen molar-refractivity contribution < 1.29 is 14.4 Å². The number of para-hydroxylation sites is 1. The summed E-state index contributed by atoms with van der Waals surface area (Å²) in [6, 6.07) is 16.0. The summed E-state index contributed by atoms with van der Waals surface area (Å²) in [7, 11) is 0. The van der Waals surface area contributed by atoms with Gasteiger partial charge in [0.05, 0.1) is 11.1 Å². The maximum Gasteiger partial charge on any atom is 0.245 e. The number of hydrogen-bond donors (Lipinski definition) is 1. The molecule has 5 nitrogen and oxygen atoms in total. The van der Waals surface area contributed by atoms with Gasteiger partial charge in [-0.15, -0.1) is 0 Å². The highest BCUT2D eigenvalue weighted by atomic mass is 16.2. The van der Waals surface area contributed by atoms with Crippen LogP contribution in [0.2, 0.25) is 0 Å². The van der Waals surface area contributed by atoms with Crippen molar-refractivity contribution in [1.82, 2.24) is 4.90 Å². The van der Waals surface area contributed by atoms with Gasteiger partial charge in [-0.3, -0.25) is 14.4 Å². The molecule has 2 unspecified atom stereocenters. The predicted molar refractivity (Wildman–Crippen MR) is 102 cm³/mol. The summed E-state index contributed by atoms with van der Waals surface area (Å²) in [6.07, 6.45) is 2.05. The van der Waals surface area contributed by atoms with Crippen LogP contribution in [0.4, 0.5) is 5.69 Å². The maximum absolute atomic E-state index is 13.0. The Labute approximate surface area is 157 Å². The number of likely N-dealkylation sites (tertiary alicyclic amines) is 1. The first-order valence-corrected chi connectivity index (χ1v) is 8.97. The number of nitrogens with zero attached hydrogens (tertiary/aromatic N) is 1. The molecule has 1 aliphatic heterocycles. The molecular weight excluding hydrogens is 340 g/mol. The zero-order valence-corrected chi connectivity index (χ0v) is 14.9. The molecule has 1 saturated carbocycles. The minimum absolute atomic E-state index is 0.125. The largest absolute Gasteiger partial charge is 0.338 e. The highest BCUT2D eigenvalue weighted by molar-refractivity contribution is 6.14. The molecule has 1 aliphatic carbocycles. The number of carbonyl (C=O) groups is 3. The standard InChI is InChI=1S/C22H20N2O3/c1-2-19(25)24-13-16-12-22(16,14-24)21(27)23-18-11-7-6-10-17(18)20(26)15-8-4-3-5-9-15/h2-11,16H,1,12-14H2,(H,23,27). The van der Waals surface area contributed by atoms with Gasteiger partial charge in [0.1, 0.15) is 0 Å². The van der Waals surface area contributed by atoms with E-state index in [4.69, 9.17) is 0 Å². The lowest BCUT2D eigenvalue weighted by atomic mass is 10.0.